The van der Waals surface area contributed by atoms with Crippen LogP contribution in [0.3, 0.4) is 0 Å². The summed E-state index contributed by atoms with van der Waals surface area (Å²) in [5.74, 6) is 0.159. The average molecular weight is 211 g/mol. The van der Waals surface area contributed by atoms with Gasteiger partial charge in [0.15, 0.2) is 0 Å². The Balaban J connectivity index is 2.25. The number of hydrogen-bond acceptors (Lipinski definition) is 4. The summed E-state index contributed by atoms with van der Waals surface area (Å²) in [7, 11) is 3.99. The molecule has 1 rings (SSSR count). The van der Waals surface area contributed by atoms with Crippen molar-refractivity contribution in [3.63, 3.8) is 0 Å². The summed E-state index contributed by atoms with van der Waals surface area (Å²) < 4.78 is 0. The number of aromatic nitrogens is 2. The smallest absolute Gasteiger partial charge is 0.269 e. The van der Waals surface area contributed by atoms with Crippen LogP contribution in [0, 0.1) is 0 Å². The standard InChI is InChI=1S/C9H17N5O/c1-14(2)5-3-4-11-9(15)7-6-8(10)13-12-7/h6H,3-5H2,1-2H3,(H,11,15)(H3,10,12,13). The number of carbonyl (C=O) groups is 1. The third-order valence-corrected chi connectivity index (χ3v) is 1.91. The monoisotopic (exact) mass is 211 g/mol. The number of H-pyrrole nitrogens is 1. The van der Waals surface area contributed by atoms with Gasteiger partial charge in [-0.1, -0.05) is 0 Å². The molecule has 1 aromatic rings. The average Bonchev–Trinajstić information content (AvgIpc) is 2.59. The van der Waals surface area contributed by atoms with Crippen LogP contribution in [0.5, 0.6) is 0 Å². The Hall–Kier alpha value is -1.56. The lowest BCUT2D eigenvalue weighted by Crippen LogP contribution is -2.27. The summed E-state index contributed by atoms with van der Waals surface area (Å²) in [6.45, 7) is 1.60. The topological polar surface area (TPSA) is 87.0 Å². The Morgan fingerprint density at radius 2 is 2.40 bits per heavy atom. The van der Waals surface area contributed by atoms with Crippen LogP contribution in [-0.4, -0.2) is 48.2 Å². The Morgan fingerprint density at radius 3 is 2.93 bits per heavy atom. The zero-order valence-electron chi connectivity index (χ0n) is 9.08. The van der Waals surface area contributed by atoms with Crippen LogP contribution < -0.4 is 11.1 Å². The Bertz CT molecular complexity index is 320. The molecule has 84 valence electrons. The summed E-state index contributed by atoms with van der Waals surface area (Å²) in [5, 5.41) is 9.01. The summed E-state index contributed by atoms with van der Waals surface area (Å²) in [5.41, 5.74) is 5.78. The van der Waals surface area contributed by atoms with E-state index in [-0.39, 0.29) is 5.91 Å². The molecule has 15 heavy (non-hydrogen) atoms. The molecule has 0 saturated heterocycles. The zero-order valence-corrected chi connectivity index (χ0v) is 9.08. The van der Waals surface area contributed by atoms with Crippen LogP contribution in [0.1, 0.15) is 16.9 Å². The molecule has 0 aliphatic heterocycles. The van der Waals surface area contributed by atoms with Crippen LogP contribution in [-0.2, 0) is 0 Å². The first kappa shape index (κ1) is 11.5. The van der Waals surface area contributed by atoms with E-state index in [0.29, 0.717) is 18.1 Å². The van der Waals surface area contributed by atoms with Crippen LogP contribution in [0.4, 0.5) is 5.82 Å². The van der Waals surface area contributed by atoms with Crippen molar-refractivity contribution in [2.75, 3.05) is 32.9 Å². The third-order valence-electron chi connectivity index (χ3n) is 1.91. The predicted octanol–water partition coefficient (Wildman–Crippen LogP) is -0.327. The summed E-state index contributed by atoms with van der Waals surface area (Å²) >= 11 is 0. The van der Waals surface area contributed by atoms with Crippen molar-refractivity contribution in [2.24, 2.45) is 0 Å². The Labute approximate surface area is 88.8 Å². The van der Waals surface area contributed by atoms with Gasteiger partial charge >= 0.3 is 0 Å². The van der Waals surface area contributed by atoms with Gasteiger partial charge < -0.3 is 16.0 Å². The number of rotatable bonds is 5. The van der Waals surface area contributed by atoms with Crippen molar-refractivity contribution in [3.8, 4) is 0 Å². The highest BCUT2D eigenvalue weighted by atomic mass is 16.1. The molecule has 0 saturated carbocycles. The first-order chi connectivity index (χ1) is 7.09. The molecule has 6 heteroatoms. The van der Waals surface area contributed by atoms with Crippen molar-refractivity contribution in [3.05, 3.63) is 11.8 Å². The number of anilines is 1. The van der Waals surface area contributed by atoms with E-state index in [9.17, 15) is 4.79 Å². The molecule has 0 fully saturated rings. The van der Waals surface area contributed by atoms with E-state index >= 15 is 0 Å². The summed E-state index contributed by atoms with van der Waals surface area (Å²) in [6, 6.07) is 1.52. The van der Waals surface area contributed by atoms with Crippen molar-refractivity contribution in [1.29, 1.82) is 0 Å². The Kier molecular flexibility index (Phi) is 4.11. The van der Waals surface area contributed by atoms with Gasteiger partial charge in [-0.05, 0) is 27.1 Å². The number of nitrogens with one attached hydrogen (secondary N) is 2. The van der Waals surface area contributed by atoms with Gasteiger partial charge in [0.05, 0.1) is 0 Å². The van der Waals surface area contributed by atoms with E-state index in [1.807, 2.05) is 14.1 Å². The van der Waals surface area contributed by atoms with E-state index in [2.05, 4.69) is 20.4 Å². The van der Waals surface area contributed by atoms with E-state index < -0.39 is 0 Å². The van der Waals surface area contributed by atoms with Crippen molar-refractivity contribution >= 4 is 11.7 Å². The maximum atomic E-state index is 11.5. The minimum atomic E-state index is -0.169. The van der Waals surface area contributed by atoms with Crippen molar-refractivity contribution in [1.82, 2.24) is 20.4 Å². The van der Waals surface area contributed by atoms with Gasteiger partial charge in [0.25, 0.3) is 5.91 Å². The SMILES string of the molecule is CN(C)CCCNC(=O)c1cc(N)n[nH]1. The predicted molar refractivity (Wildman–Crippen MR) is 58.5 cm³/mol. The highest BCUT2D eigenvalue weighted by Gasteiger charge is 2.07. The lowest BCUT2D eigenvalue weighted by molar-refractivity contribution is 0.0947. The van der Waals surface area contributed by atoms with E-state index in [1.54, 1.807) is 0 Å². The zero-order chi connectivity index (χ0) is 11.3. The molecule has 0 aromatic carbocycles. The van der Waals surface area contributed by atoms with Gasteiger partial charge in [-0.3, -0.25) is 9.89 Å². The van der Waals surface area contributed by atoms with Crippen LogP contribution in [0.25, 0.3) is 0 Å². The van der Waals surface area contributed by atoms with Crippen LogP contribution >= 0.6 is 0 Å². The van der Waals surface area contributed by atoms with Gasteiger partial charge in [0.2, 0.25) is 0 Å². The van der Waals surface area contributed by atoms with Gasteiger partial charge in [0.1, 0.15) is 11.5 Å². The number of aromatic amines is 1. The van der Waals surface area contributed by atoms with Crippen LogP contribution in [0.2, 0.25) is 0 Å². The number of nitrogen functional groups attached to an aromatic ring is 1. The van der Waals surface area contributed by atoms with Crippen LogP contribution in [0.15, 0.2) is 6.07 Å². The molecular weight excluding hydrogens is 194 g/mol. The number of amides is 1. The largest absolute Gasteiger partial charge is 0.382 e. The molecule has 0 bridgehead atoms. The second kappa shape index (κ2) is 5.35. The maximum Gasteiger partial charge on any atom is 0.269 e. The van der Waals surface area contributed by atoms with Crippen molar-refractivity contribution < 1.29 is 4.79 Å². The summed E-state index contributed by atoms with van der Waals surface area (Å²) in [4.78, 5) is 13.5. The summed E-state index contributed by atoms with van der Waals surface area (Å²) in [6.07, 6.45) is 0.919. The fraction of sp³-hybridized carbons (Fsp3) is 0.556. The number of hydrogen-bond donors (Lipinski definition) is 3. The first-order valence-corrected chi connectivity index (χ1v) is 4.83. The molecule has 4 N–H and O–H groups in total. The molecule has 0 aliphatic carbocycles. The minimum absolute atomic E-state index is 0.169. The van der Waals surface area contributed by atoms with Gasteiger partial charge in [0, 0.05) is 12.6 Å². The molecule has 0 radical (unpaired) electrons. The van der Waals surface area contributed by atoms with Gasteiger partial charge in [-0.2, -0.15) is 5.10 Å². The lowest BCUT2D eigenvalue weighted by atomic mass is 10.3. The molecule has 0 unspecified atom stereocenters. The quantitative estimate of drug-likeness (QED) is 0.582. The number of nitrogens with zero attached hydrogens (tertiary/aromatic N) is 2. The third kappa shape index (κ3) is 3.99. The fourth-order valence-electron chi connectivity index (χ4n) is 1.15. The van der Waals surface area contributed by atoms with E-state index in [0.717, 1.165) is 13.0 Å². The maximum absolute atomic E-state index is 11.5. The molecule has 0 aliphatic rings. The molecular formula is C9H17N5O. The van der Waals surface area contributed by atoms with Crippen molar-refractivity contribution in [2.45, 2.75) is 6.42 Å². The fourth-order valence-corrected chi connectivity index (χ4v) is 1.15. The molecule has 1 heterocycles. The molecule has 0 atom stereocenters. The Morgan fingerprint density at radius 1 is 1.67 bits per heavy atom. The molecule has 1 aromatic heterocycles. The first-order valence-electron chi connectivity index (χ1n) is 4.83. The highest BCUT2D eigenvalue weighted by Crippen LogP contribution is 1.99. The van der Waals surface area contributed by atoms with E-state index in [4.69, 9.17) is 5.73 Å². The second-order valence-electron chi connectivity index (χ2n) is 3.62. The second-order valence-corrected chi connectivity index (χ2v) is 3.62. The van der Waals surface area contributed by atoms with E-state index in [1.165, 1.54) is 6.07 Å². The molecule has 1 amide bonds. The molecule has 6 nitrogen and oxygen atoms in total. The van der Waals surface area contributed by atoms with Gasteiger partial charge in [-0.15, -0.1) is 0 Å². The van der Waals surface area contributed by atoms with Gasteiger partial charge in [-0.25, -0.2) is 0 Å². The normalized spacial score (nSPS) is 10.6. The lowest BCUT2D eigenvalue weighted by Gasteiger charge is -2.09. The highest BCUT2D eigenvalue weighted by molar-refractivity contribution is 5.92. The number of nitrogens with two attached hydrogens (primary N) is 1. The minimum Gasteiger partial charge on any atom is -0.382 e. The number of carbonyl (C=O) groups excluding carboxylic acids is 1. The molecule has 0 spiro atoms.